The Morgan fingerprint density at radius 2 is 1.73 bits per heavy atom. The standard InChI is InChI=1S/C29H40N8O2S/c1-20(2)29(8-10-36(11-9-29)28(39)37-14-12-35(3)13-15-37)34-27-31-18-22(19-32-27)26(38)33-24-17-21(6-7-23(24)30)25-5-4-16-40-25/h4-7,16-20,28,39H,8-15,30H2,1-3H3,(H,33,38)(H,31,32,34). The second-order valence-corrected chi connectivity index (χ2v) is 12.1. The molecule has 0 radical (unpaired) electrons. The number of amides is 1. The number of aromatic nitrogens is 2. The average molecular weight is 565 g/mol. The molecule has 1 unspecified atom stereocenters. The molecule has 214 valence electrons. The second kappa shape index (κ2) is 12.2. The smallest absolute Gasteiger partial charge is 0.258 e. The molecule has 2 fully saturated rings. The van der Waals surface area contributed by atoms with Crippen LogP contribution in [0.5, 0.6) is 0 Å². The van der Waals surface area contributed by atoms with E-state index >= 15 is 0 Å². The van der Waals surface area contributed by atoms with E-state index in [1.54, 1.807) is 29.8 Å². The number of anilines is 3. The number of likely N-dealkylation sites (tertiary alicyclic amines) is 1. The van der Waals surface area contributed by atoms with Crippen LogP contribution in [0, 0.1) is 5.92 Å². The van der Waals surface area contributed by atoms with Crippen molar-refractivity contribution in [2.45, 2.75) is 38.6 Å². The number of nitrogens with two attached hydrogens (primary N) is 1. The van der Waals surface area contributed by atoms with E-state index in [0.29, 0.717) is 28.8 Å². The first-order valence-corrected chi connectivity index (χ1v) is 14.8. The minimum absolute atomic E-state index is 0.196. The van der Waals surface area contributed by atoms with E-state index in [1.165, 1.54) is 0 Å². The summed E-state index contributed by atoms with van der Waals surface area (Å²) in [6.07, 6.45) is 4.27. The summed E-state index contributed by atoms with van der Waals surface area (Å²) in [5, 5.41) is 19.5. The van der Waals surface area contributed by atoms with E-state index in [9.17, 15) is 9.90 Å². The molecular formula is C29H40N8O2S. The van der Waals surface area contributed by atoms with Crippen LogP contribution < -0.4 is 16.4 Å². The Kier molecular flexibility index (Phi) is 8.67. The summed E-state index contributed by atoms with van der Waals surface area (Å²) in [6, 6.07) is 9.66. The lowest BCUT2D eigenvalue weighted by atomic mass is 9.78. The lowest BCUT2D eigenvalue weighted by Gasteiger charge is -2.48. The summed E-state index contributed by atoms with van der Waals surface area (Å²) >= 11 is 1.63. The summed E-state index contributed by atoms with van der Waals surface area (Å²) in [5.41, 5.74) is 8.35. The summed E-state index contributed by atoms with van der Waals surface area (Å²) in [5.74, 6) is 0.518. The number of piperidine rings is 1. The van der Waals surface area contributed by atoms with Crippen molar-refractivity contribution in [1.82, 2.24) is 24.7 Å². The van der Waals surface area contributed by atoms with Crippen molar-refractivity contribution in [3.8, 4) is 10.4 Å². The van der Waals surface area contributed by atoms with Crippen LogP contribution in [0.15, 0.2) is 48.1 Å². The first-order chi connectivity index (χ1) is 19.2. The molecule has 0 bridgehead atoms. The summed E-state index contributed by atoms with van der Waals surface area (Å²) in [7, 11) is 2.12. The van der Waals surface area contributed by atoms with Crippen LogP contribution in [-0.4, -0.2) is 93.9 Å². The number of hydrogen-bond acceptors (Lipinski definition) is 10. The van der Waals surface area contributed by atoms with Crippen LogP contribution >= 0.6 is 11.3 Å². The minimum Gasteiger partial charge on any atom is -0.397 e. The molecule has 3 aromatic rings. The van der Waals surface area contributed by atoms with Crippen molar-refractivity contribution in [3.05, 3.63) is 53.7 Å². The largest absolute Gasteiger partial charge is 0.397 e. The topological polar surface area (TPSA) is 123 Å². The number of carbonyl (C=O) groups excluding carboxylic acids is 1. The lowest BCUT2D eigenvalue weighted by molar-refractivity contribution is -0.134. The fourth-order valence-corrected chi connectivity index (χ4v) is 6.20. The molecule has 1 aromatic carbocycles. The van der Waals surface area contributed by atoms with Gasteiger partial charge in [0.1, 0.15) is 0 Å². The van der Waals surface area contributed by atoms with E-state index in [-0.39, 0.29) is 11.4 Å². The highest BCUT2D eigenvalue weighted by Gasteiger charge is 2.40. The van der Waals surface area contributed by atoms with Gasteiger partial charge in [0.05, 0.1) is 16.9 Å². The number of nitrogens with zero attached hydrogens (tertiary/aromatic N) is 5. The third-order valence-corrected chi connectivity index (χ3v) is 9.29. The van der Waals surface area contributed by atoms with Gasteiger partial charge in [-0.2, -0.15) is 0 Å². The molecule has 10 nitrogen and oxygen atoms in total. The van der Waals surface area contributed by atoms with Crippen LogP contribution in [0.2, 0.25) is 0 Å². The van der Waals surface area contributed by atoms with Gasteiger partial charge >= 0.3 is 0 Å². The summed E-state index contributed by atoms with van der Waals surface area (Å²) in [6.45, 7) is 9.68. The van der Waals surface area contributed by atoms with Gasteiger partial charge in [-0.3, -0.25) is 14.6 Å². The average Bonchev–Trinajstić information content (AvgIpc) is 3.50. The number of nitrogens with one attached hydrogen (secondary N) is 2. The molecule has 5 N–H and O–H groups in total. The SMILES string of the molecule is CC(C)C1(Nc2ncc(C(=O)Nc3cc(-c4cccs4)ccc3N)cn2)CCN(C(O)N2CCN(C)CC2)CC1. The Morgan fingerprint density at radius 3 is 2.35 bits per heavy atom. The van der Waals surface area contributed by atoms with Gasteiger partial charge < -0.3 is 26.4 Å². The van der Waals surface area contributed by atoms with Gasteiger partial charge in [0.2, 0.25) is 5.95 Å². The number of thiophene rings is 1. The number of carbonyl (C=O) groups is 1. The van der Waals surface area contributed by atoms with E-state index in [4.69, 9.17) is 5.73 Å². The molecule has 40 heavy (non-hydrogen) atoms. The van der Waals surface area contributed by atoms with Gasteiger partial charge in [-0.05, 0) is 54.9 Å². The highest BCUT2D eigenvalue weighted by atomic mass is 32.1. The molecule has 4 heterocycles. The van der Waals surface area contributed by atoms with Gasteiger partial charge in [-0.15, -0.1) is 11.3 Å². The zero-order valence-electron chi connectivity index (χ0n) is 23.5. The third kappa shape index (κ3) is 6.29. The molecule has 5 rings (SSSR count). The first kappa shape index (κ1) is 28.4. The van der Waals surface area contributed by atoms with Crippen molar-refractivity contribution < 1.29 is 9.90 Å². The van der Waals surface area contributed by atoms with Gasteiger partial charge in [-0.25, -0.2) is 9.97 Å². The predicted octanol–water partition coefficient (Wildman–Crippen LogP) is 3.47. The third-order valence-electron chi connectivity index (χ3n) is 8.37. The molecule has 1 atom stereocenters. The van der Waals surface area contributed by atoms with Gasteiger partial charge in [0.15, 0.2) is 6.35 Å². The van der Waals surface area contributed by atoms with Gasteiger partial charge in [0.25, 0.3) is 5.91 Å². The molecule has 0 spiro atoms. The van der Waals surface area contributed by atoms with Crippen molar-refractivity contribution in [2.75, 3.05) is 62.7 Å². The molecule has 11 heteroatoms. The highest BCUT2D eigenvalue weighted by molar-refractivity contribution is 7.13. The molecule has 2 aromatic heterocycles. The van der Waals surface area contributed by atoms with Crippen LogP contribution in [0.4, 0.5) is 17.3 Å². The Morgan fingerprint density at radius 1 is 1.05 bits per heavy atom. The molecule has 1 amide bonds. The summed E-state index contributed by atoms with van der Waals surface area (Å²) in [4.78, 5) is 29.7. The Bertz CT molecular complexity index is 1270. The number of hydrogen-bond donors (Lipinski definition) is 4. The fourth-order valence-electron chi connectivity index (χ4n) is 5.47. The normalized spacial score (nSPS) is 19.4. The maximum Gasteiger partial charge on any atom is 0.258 e. The number of aliphatic hydroxyl groups excluding tert-OH is 1. The van der Waals surface area contributed by atoms with Crippen molar-refractivity contribution in [1.29, 1.82) is 0 Å². The van der Waals surface area contributed by atoms with Crippen molar-refractivity contribution in [3.63, 3.8) is 0 Å². The zero-order valence-corrected chi connectivity index (χ0v) is 24.3. The Hall–Kier alpha value is -3.09. The fraction of sp³-hybridized carbons (Fsp3) is 0.483. The first-order valence-electron chi connectivity index (χ1n) is 13.9. The van der Waals surface area contributed by atoms with Crippen LogP contribution in [0.1, 0.15) is 37.0 Å². The quantitative estimate of drug-likeness (QED) is 0.305. The van der Waals surface area contributed by atoms with Crippen LogP contribution in [0.3, 0.4) is 0 Å². The van der Waals surface area contributed by atoms with E-state index in [1.807, 2.05) is 29.6 Å². The molecular weight excluding hydrogens is 524 g/mol. The molecule has 2 saturated heterocycles. The summed E-state index contributed by atoms with van der Waals surface area (Å²) < 4.78 is 0. The maximum absolute atomic E-state index is 13.0. The van der Waals surface area contributed by atoms with Gasteiger partial charge in [-0.1, -0.05) is 26.0 Å². The van der Waals surface area contributed by atoms with E-state index < -0.39 is 6.35 Å². The number of benzene rings is 1. The van der Waals surface area contributed by atoms with Gasteiger partial charge in [0, 0.05) is 62.1 Å². The molecule has 0 saturated carbocycles. The van der Waals surface area contributed by atoms with E-state index in [0.717, 1.165) is 62.6 Å². The van der Waals surface area contributed by atoms with Crippen LogP contribution in [-0.2, 0) is 0 Å². The van der Waals surface area contributed by atoms with E-state index in [2.05, 4.69) is 56.2 Å². The zero-order chi connectivity index (χ0) is 28.3. The Balaban J connectivity index is 1.20. The number of piperazine rings is 1. The molecule has 2 aliphatic rings. The Labute approximate surface area is 240 Å². The maximum atomic E-state index is 13.0. The number of nitrogen functional groups attached to an aromatic ring is 1. The predicted molar refractivity (Wildman–Crippen MR) is 161 cm³/mol. The molecule has 2 aliphatic heterocycles. The minimum atomic E-state index is -0.548. The van der Waals surface area contributed by atoms with Crippen molar-refractivity contribution >= 4 is 34.6 Å². The highest BCUT2D eigenvalue weighted by Crippen LogP contribution is 2.34. The molecule has 0 aliphatic carbocycles. The number of aliphatic hydroxyl groups is 1. The lowest BCUT2D eigenvalue weighted by Crippen LogP contribution is -2.60. The monoisotopic (exact) mass is 564 g/mol. The van der Waals surface area contributed by atoms with Crippen LogP contribution in [0.25, 0.3) is 10.4 Å². The number of likely N-dealkylation sites (N-methyl/N-ethyl adjacent to an activating group) is 1. The second-order valence-electron chi connectivity index (χ2n) is 11.2. The van der Waals surface area contributed by atoms with Crippen molar-refractivity contribution in [2.24, 2.45) is 5.92 Å². The number of rotatable bonds is 8.